The standard InChI is InChI=1S/C10H17OSi.C5H5.Fe/c1-10(2,3)11-8-12-9-6-4-5-7-9;1-2-4-5-3-1;/h4-7H,8,12H2,1-3H3;1-5H;/q-1;-5;. The maximum Gasteiger partial charge on any atom is 0.0593 e. The zero-order valence-corrected chi connectivity index (χ0v) is 13.9. The Morgan fingerprint density at radius 3 is 1.83 bits per heavy atom. The second kappa shape index (κ2) is 9.34. The van der Waals surface area contributed by atoms with Crippen molar-refractivity contribution in [2.75, 3.05) is 6.23 Å². The van der Waals surface area contributed by atoms with Crippen LogP contribution in [-0.2, 0) is 21.8 Å². The second-order valence-electron chi connectivity index (χ2n) is 4.97. The molecule has 0 radical (unpaired) electrons. The molecule has 0 aliphatic carbocycles. The van der Waals surface area contributed by atoms with Gasteiger partial charge in [-0.05, 0) is 20.8 Å². The van der Waals surface area contributed by atoms with Crippen LogP contribution in [0.4, 0.5) is 0 Å². The van der Waals surface area contributed by atoms with Crippen molar-refractivity contribution >= 4 is 14.7 Å². The van der Waals surface area contributed by atoms with E-state index in [1.807, 2.05) is 30.3 Å². The molecule has 0 atom stereocenters. The second-order valence-corrected chi connectivity index (χ2v) is 6.69. The van der Waals surface area contributed by atoms with Gasteiger partial charge in [0.05, 0.1) is 5.60 Å². The molecule has 2 aromatic carbocycles. The van der Waals surface area contributed by atoms with Crippen molar-refractivity contribution in [3.05, 3.63) is 54.6 Å². The molecule has 18 heavy (non-hydrogen) atoms. The van der Waals surface area contributed by atoms with E-state index >= 15 is 0 Å². The fourth-order valence-electron chi connectivity index (χ4n) is 1.38. The SMILES string of the molecule is CC(C)(C)OC[SiH2][c-]1cccc1.[Fe].[cH-]1[cH-][cH-][cH-][cH-]1. The van der Waals surface area contributed by atoms with Crippen LogP contribution in [0.3, 0.4) is 0 Å². The maximum absolute atomic E-state index is 5.66. The molecule has 0 N–H and O–H groups in total. The Morgan fingerprint density at radius 2 is 1.44 bits per heavy atom. The van der Waals surface area contributed by atoms with Gasteiger partial charge < -0.3 is 35.1 Å². The Bertz CT molecular complexity index is 342. The summed E-state index contributed by atoms with van der Waals surface area (Å²) >= 11 is 0. The summed E-state index contributed by atoms with van der Waals surface area (Å²) in [5, 5.41) is 1.50. The van der Waals surface area contributed by atoms with Gasteiger partial charge in [0, 0.05) is 32.8 Å². The molecule has 0 aliphatic heterocycles. The van der Waals surface area contributed by atoms with Gasteiger partial charge in [0.15, 0.2) is 0 Å². The third-order valence-corrected chi connectivity index (χ3v) is 3.67. The van der Waals surface area contributed by atoms with Crippen molar-refractivity contribution in [1.82, 2.24) is 0 Å². The van der Waals surface area contributed by atoms with Gasteiger partial charge >= 0.3 is 0 Å². The largest absolute Gasteiger partial charge is 0.748 e. The molecule has 0 aromatic heterocycles. The molecule has 1 nitrogen and oxygen atoms in total. The Labute approximate surface area is 124 Å². The number of hydrogen-bond acceptors (Lipinski definition) is 1. The van der Waals surface area contributed by atoms with E-state index in [1.165, 1.54) is 5.19 Å². The monoisotopic (exact) mass is 302 g/mol. The molecule has 0 aliphatic rings. The summed E-state index contributed by atoms with van der Waals surface area (Å²) in [6.07, 6.45) is 0.952. The van der Waals surface area contributed by atoms with Gasteiger partial charge in [-0.2, -0.15) is 17.3 Å². The van der Waals surface area contributed by atoms with Crippen LogP contribution in [0.15, 0.2) is 54.6 Å². The summed E-state index contributed by atoms with van der Waals surface area (Å²) < 4.78 is 5.66. The summed E-state index contributed by atoms with van der Waals surface area (Å²) in [4.78, 5) is 0. The Kier molecular flexibility index (Phi) is 9.03. The molecule has 0 unspecified atom stereocenters. The molecule has 2 rings (SSSR count). The number of hydrogen-bond donors (Lipinski definition) is 0. The van der Waals surface area contributed by atoms with E-state index in [0.717, 1.165) is 6.23 Å². The van der Waals surface area contributed by atoms with Crippen molar-refractivity contribution in [1.29, 1.82) is 0 Å². The van der Waals surface area contributed by atoms with Gasteiger partial charge in [-0.25, -0.2) is 12.1 Å². The van der Waals surface area contributed by atoms with Gasteiger partial charge in [-0.1, -0.05) is 0 Å². The van der Waals surface area contributed by atoms with Gasteiger partial charge in [0.1, 0.15) is 0 Å². The molecular formula is C15H22FeOSi-6. The van der Waals surface area contributed by atoms with Crippen LogP contribution in [0.25, 0.3) is 0 Å². The van der Waals surface area contributed by atoms with Crippen LogP contribution in [0.5, 0.6) is 0 Å². The van der Waals surface area contributed by atoms with E-state index in [9.17, 15) is 0 Å². The first kappa shape index (κ1) is 17.4. The third-order valence-electron chi connectivity index (χ3n) is 2.21. The summed E-state index contributed by atoms with van der Waals surface area (Å²) in [6.45, 7) is 6.31. The zero-order valence-electron chi connectivity index (χ0n) is 11.4. The van der Waals surface area contributed by atoms with Crippen molar-refractivity contribution < 1.29 is 21.8 Å². The van der Waals surface area contributed by atoms with Crippen molar-refractivity contribution in [3.63, 3.8) is 0 Å². The summed E-state index contributed by atoms with van der Waals surface area (Å²) in [5.74, 6) is 0. The van der Waals surface area contributed by atoms with E-state index < -0.39 is 0 Å². The number of rotatable bonds is 3. The van der Waals surface area contributed by atoms with Crippen LogP contribution in [0.2, 0.25) is 0 Å². The zero-order chi connectivity index (χ0) is 12.6. The minimum atomic E-state index is -0.171. The van der Waals surface area contributed by atoms with E-state index in [0.29, 0.717) is 0 Å². The summed E-state index contributed by atoms with van der Waals surface area (Å²) in [6, 6.07) is 18.6. The van der Waals surface area contributed by atoms with Gasteiger partial charge in [-0.15, -0.1) is 0 Å². The van der Waals surface area contributed by atoms with Gasteiger partial charge in [0.2, 0.25) is 0 Å². The topological polar surface area (TPSA) is 9.23 Å². The average Bonchev–Trinajstić information content (AvgIpc) is 2.91. The molecule has 0 spiro atoms. The summed E-state index contributed by atoms with van der Waals surface area (Å²) in [5.41, 5.74) is 0.0274. The Morgan fingerprint density at radius 1 is 1.00 bits per heavy atom. The van der Waals surface area contributed by atoms with Gasteiger partial charge in [0.25, 0.3) is 0 Å². The van der Waals surface area contributed by atoms with E-state index in [1.54, 1.807) is 0 Å². The predicted molar refractivity (Wildman–Crippen MR) is 78.0 cm³/mol. The van der Waals surface area contributed by atoms with Crippen LogP contribution in [0, 0.1) is 0 Å². The van der Waals surface area contributed by atoms with Crippen LogP contribution < -0.4 is 5.19 Å². The fourth-order valence-corrected chi connectivity index (χ4v) is 2.93. The van der Waals surface area contributed by atoms with Crippen LogP contribution in [-0.4, -0.2) is 21.4 Å². The fraction of sp³-hybridized carbons (Fsp3) is 0.333. The predicted octanol–water partition coefficient (Wildman–Crippen LogP) is 2.38. The van der Waals surface area contributed by atoms with Crippen LogP contribution in [0.1, 0.15) is 20.8 Å². The van der Waals surface area contributed by atoms with Crippen molar-refractivity contribution in [2.24, 2.45) is 0 Å². The minimum absolute atomic E-state index is 0. The maximum atomic E-state index is 5.66. The molecule has 0 bridgehead atoms. The smallest absolute Gasteiger partial charge is 0.0593 e. The molecule has 0 heterocycles. The molecule has 3 heteroatoms. The van der Waals surface area contributed by atoms with Crippen molar-refractivity contribution in [3.8, 4) is 0 Å². The molecule has 2 aromatic rings. The average molecular weight is 302 g/mol. The Hall–Kier alpha value is -0.604. The van der Waals surface area contributed by atoms with Gasteiger partial charge in [-0.3, -0.25) is 0 Å². The third kappa shape index (κ3) is 9.43. The molecular weight excluding hydrogens is 280 g/mol. The molecule has 106 valence electrons. The van der Waals surface area contributed by atoms with Crippen LogP contribution >= 0.6 is 0 Å². The molecule has 0 fully saturated rings. The van der Waals surface area contributed by atoms with E-state index in [2.05, 4.69) is 45.0 Å². The first-order valence-electron chi connectivity index (χ1n) is 6.09. The van der Waals surface area contributed by atoms with Crippen molar-refractivity contribution in [2.45, 2.75) is 26.4 Å². The molecule has 0 saturated carbocycles. The molecule has 0 amide bonds. The molecule has 0 saturated heterocycles. The number of ether oxygens (including phenoxy) is 1. The van der Waals surface area contributed by atoms with E-state index in [4.69, 9.17) is 4.74 Å². The summed E-state index contributed by atoms with van der Waals surface area (Å²) in [7, 11) is -0.171. The quantitative estimate of drug-likeness (QED) is 0.625. The Balaban J connectivity index is 0.000000405. The first-order chi connectivity index (χ1) is 8.08. The van der Waals surface area contributed by atoms with E-state index in [-0.39, 0.29) is 32.2 Å². The normalized spacial score (nSPS) is 10.8. The first-order valence-corrected chi connectivity index (χ1v) is 7.80. The minimum Gasteiger partial charge on any atom is -0.748 e.